The van der Waals surface area contributed by atoms with Gasteiger partial charge in [-0.15, -0.1) is 0 Å². The molecule has 0 unspecified atom stereocenters. The number of aromatic nitrogens is 1. The maximum Gasteiger partial charge on any atom is 0.193 e. The smallest absolute Gasteiger partial charge is 0.193 e. The van der Waals surface area contributed by atoms with Gasteiger partial charge in [0, 0.05) is 26.2 Å². The van der Waals surface area contributed by atoms with Crippen LogP contribution in [0.5, 0.6) is 0 Å². The monoisotopic (exact) mass is 205 g/mol. The maximum absolute atomic E-state index is 11.8. The zero-order valence-electron chi connectivity index (χ0n) is 9.10. The van der Waals surface area contributed by atoms with Crippen LogP contribution in [0.15, 0.2) is 18.3 Å². The van der Waals surface area contributed by atoms with Gasteiger partial charge in [0.25, 0.3) is 0 Å². The third kappa shape index (κ3) is 3.22. The molecular formula is C11H15N3O. The standard InChI is InChI=1S/C11H15N3O/c1-13(7-4-6-12)9-11(15)10-5-3-8-14(10)2/h3,5,8H,4,7,9H2,1-2H3. The second-order valence-corrected chi connectivity index (χ2v) is 3.57. The Morgan fingerprint density at radius 1 is 1.67 bits per heavy atom. The van der Waals surface area contributed by atoms with E-state index < -0.39 is 0 Å². The molecule has 4 nitrogen and oxygen atoms in total. The third-order valence-electron chi connectivity index (χ3n) is 2.25. The summed E-state index contributed by atoms with van der Waals surface area (Å²) in [6, 6.07) is 5.72. The average molecular weight is 205 g/mol. The number of Topliss-reactive ketones (excluding diaryl/α,β-unsaturated/α-hetero) is 1. The van der Waals surface area contributed by atoms with Crippen molar-refractivity contribution in [3.8, 4) is 6.07 Å². The van der Waals surface area contributed by atoms with E-state index in [1.165, 1.54) is 0 Å². The topological polar surface area (TPSA) is 49.0 Å². The fourth-order valence-electron chi connectivity index (χ4n) is 1.40. The van der Waals surface area contributed by atoms with Crippen molar-refractivity contribution in [2.24, 2.45) is 7.05 Å². The van der Waals surface area contributed by atoms with Gasteiger partial charge in [-0.1, -0.05) is 0 Å². The van der Waals surface area contributed by atoms with Gasteiger partial charge in [0.1, 0.15) is 0 Å². The van der Waals surface area contributed by atoms with Crippen LogP contribution in [-0.4, -0.2) is 35.4 Å². The third-order valence-corrected chi connectivity index (χ3v) is 2.25. The van der Waals surface area contributed by atoms with Gasteiger partial charge in [-0.05, 0) is 19.2 Å². The molecule has 0 fully saturated rings. The van der Waals surface area contributed by atoms with E-state index in [2.05, 4.69) is 6.07 Å². The Morgan fingerprint density at radius 2 is 2.40 bits per heavy atom. The lowest BCUT2D eigenvalue weighted by atomic mass is 10.2. The van der Waals surface area contributed by atoms with Gasteiger partial charge >= 0.3 is 0 Å². The van der Waals surface area contributed by atoms with Crippen molar-refractivity contribution in [3.63, 3.8) is 0 Å². The first-order chi connectivity index (χ1) is 7.15. The fourth-order valence-corrected chi connectivity index (χ4v) is 1.40. The van der Waals surface area contributed by atoms with Crippen LogP contribution in [0.2, 0.25) is 0 Å². The maximum atomic E-state index is 11.8. The van der Waals surface area contributed by atoms with E-state index >= 15 is 0 Å². The molecule has 1 rings (SSSR count). The van der Waals surface area contributed by atoms with Gasteiger partial charge in [-0.3, -0.25) is 9.69 Å². The van der Waals surface area contributed by atoms with Crippen LogP contribution in [0.25, 0.3) is 0 Å². The summed E-state index contributed by atoms with van der Waals surface area (Å²) in [5.74, 6) is 0.0861. The van der Waals surface area contributed by atoms with E-state index in [0.717, 1.165) is 0 Å². The van der Waals surface area contributed by atoms with Crippen molar-refractivity contribution < 1.29 is 4.79 Å². The fraction of sp³-hybridized carbons (Fsp3) is 0.455. The first-order valence-corrected chi connectivity index (χ1v) is 4.85. The summed E-state index contributed by atoms with van der Waals surface area (Å²) in [5, 5.41) is 8.41. The van der Waals surface area contributed by atoms with Crippen LogP contribution < -0.4 is 0 Å². The molecule has 0 saturated heterocycles. The molecule has 0 aliphatic heterocycles. The van der Waals surface area contributed by atoms with Crippen LogP contribution in [0, 0.1) is 11.3 Å². The van der Waals surface area contributed by atoms with Crippen LogP contribution in [0.1, 0.15) is 16.9 Å². The van der Waals surface area contributed by atoms with E-state index in [9.17, 15) is 4.79 Å². The van der Waals surface area contributed by atoms with E-state index in [1.807, 2.05) is 31.3 Å². The molecule has 15 heavy (non-hydrogen) atoms. The summed E-state index contributed by atoms with van der Waals surface area (Å²) in [7, 11) is 3.70. The zero-order valence-corrected chi connectivity index (χ0v) is 9.10. The molecular weight excluding hydrogens is 190 g/mol. The Morgan fingerprint density at radius 3 is 2.93 bits per heavy atom. The van der Waals surface area contributed by atoms with E-state index in [-0.39, 0.29) is 5.78 Å². The normalized spacial score (nSPS) is 10.3. The number of nitrogens with zero attached hydrogens (tertiary/aromatic N) is 3. The molecule has 0 aliphatic carbocycles. The summed E-state index contributed by atoms with van der Waals surface area (Å²) in [4.78, 5) is 13.6. The molecule has 0 bridgehead atoms. The molecule has 0 atom stereocenters. The SMILES string of the molecule is CN(CCC#N)CC(=O)c1cccn1C. The lowest BCUT2D eigenvalue weighted by Crippen LogP contribution is -2.27. The first-order valence-electron chi connectivity index (χ1n) is 4.85. The van der Waals surface area contributed by atoms with Gasteiger partial charge in [-0.2, -0.15) is 5.26 Å². The molecule has 0 aliphatic rings. The number of carbonyl (C=O) groups is 1. The number of rotatable bonds is 5. The molecule has 0 saturated carbocycles. The molecule has 0 aromatic carbocycles. The summed E-state index contributed by atoms with van der Waals surface area (Å²) in [6.45, 7) is 0.992. The summed E-state index contributed by atoms with van der Waals surface area (Å²) in [6.07, 6.45) is 2.30. The van der Waals surface area contributed by atoms with E-state index in [1.54, 1.807) is 10.6 Å². The lowest BCUT2D eigenvalue weighted by Gasteiger charge is -2.13. The Hall–Kier alpha value is -1.60. The minimum Gasteiger partial charge on any atom is -0.348 e. The van der Waals surface area contributed by atoms with Crippen molar-refractivity contribution >= 4 is 5.78 Å². The number of likely N-dealkylation sites (N-methyl/N-ethyl adjacent to an activating group) is 1. The van der Waals surface area contributed by atoms with Crippen molar-refractivity contribution in [2.45, 2.75) is 6.42 Å². The molecule has 1 aromatic rings. The number of hydrogen-bond acceptors (Lipinski definition) is 3. The van der Waals surface area contributed by atoms with Gasteiger partial charge < -0.3 is 4.57 Å². The Kier molecular flexibility index (Phi) is 4.07. The predicted octanol–water partition coefficient (Wildman–Crippen LogP) is 1.05. The highest BCUT2D eigenvalue weighted by Gasteiger charge is 2.11. The molecule has 1 aromatic heterocycles. The lowest BCUT2D eigenvalue weighted by molar-refractivity contribution is 0.0939. The highest BCUT2D eigenvalue weighted by Crippen LogP contribution is 2.02. The van der Waals surface area contributed by atoms with Crippen molar-refractivity contribution in [2.75, 3.05) is 20.1 Å². The molecule has 80 valence electrons. The van der Waals surface area contributed by atoms with Crippen molar-refractivity contribution in [1.29, 1.82) is 5.26 Å². The van der Waals surface area contributed by atoms with Crippen LogP contribution in [0.3, 0.4) is 0 Å². The number of aryl methyl sites for hydroxylation is 1. The van der Waals surface area contributed by atoms with Crippen LogP contribution >= 0.6 is 0 Å². The highest BCUT2D eigenvalue weighted by molar-refractivity contribution is 5.96. The molecule has 0 spiro atoms. The molecule has 0 N–H and O–H groups in total. The Labute approximate surface area is 89.7 Å². The number of nitriles is 1. The van der Waals surface area contributed by atoms with E-state index in [4.69, 9.17) is 5.26 Å². The second-order valence-electron chi connectivity index (χ2n) is 3.57. The zero-order chi connectivity index (χ0) is 11.3. The van der Waals surface area contributed by atoms with Gasteiger partial charge in [-0.25, -0.2) is 0 Å². The minimum atomic E-state index is 0.0861. The largest absolute Gasteiger partial charge is 0.348 e. The minimum absolute atomic E-state index is 0.0861. The van der Waals surface area contributed by atoms with Crippen molar-refractivity contribution in [1.82, 2.24) is 9.47 Å². The molecule has 4 heteroatoms. The van der Waals surface area contributed by atoms with Crippen LogP contribution in [0.4, 0.5) is 0 Å². The Balaban J connectivity index is 2.50. The number of ketones is 1. The van der Waals surface area contributed by atoms with E-state index in [0.29, 0.717) is 25.2 Å². The predicted molar refractivity (Wildman–Crippen MR) is 57.5 cm³/mol. The Bertz CT molecular complexity index is 375. The first kappa shape index (κ1) is 11.5. The van der Waals surface area contributed by atoms with Gasteiger partial charge in [0.2, 0.25) is 0 Å². The number of hydrogen-bond donors (Lipinski definition) is 0. The summed E-state index contributed by atoms with van der Waals surface area (Å²) < 4.78 is 1.81. The van der Waals surface area contributed by atoms with Crippen molar-refractivity contribution in [3.05, 3.63) is 24.0 Å². The summed E-state index contributed by atoms with van der Waals surface area (Å²) in [5.41, 5.74) is 0.707. The molecule has 0 amide bonds. The second kappa shape index (κ2) is 5.32. The summed E-state index contributed by atoms with van der Waals surface area (Å²) >= 11 is 0. The highest BCUT2D eigenvalue weighted by atomic mass is 16.1. The average Bonchev–Trinajstić information content (AvgIpc) is 2.61. The van der Waals surface area contributed by atoms with Gasteiger partial charge in [0.15, 0.2) is 5.78 Å². The molecule has 1 heterocycles. The quantitative estimate of drug-likeness (QED) is 0.675. The van der Waals surface area contributed by atoms with Crippen LogP contribution in [-0.2, 0) is 7.05 Å². The molecule has 0 radical (unpaired) electrons. The number of carbonyl (C=O) groups excluding carboxylic acids is 1. The van der Waals surface area contributed by atoms with Gasteiger partial charge in [0.05, 0.1) is 18.3 Å².